The molecule has 0 aromatic heterocycles. The second-order valence-electron chi connectivity index (χ2n) is 6.43. The quantitative estimate of drug-likeness (QED) is 0.278. The van der Waals surface area contributed by atoms with Crippen molar-refractivity contribution in [2.45, 2.75) is 90.4 Å². The second kappa shape index (κ2) is 15.0. The van der Waals surface area contributed by atoms with Crippen molar-refractivity contribution in [3.05, 3.63) is 23.8 Å². The van der Waals surface area contributed by atoms with Gasteiger partial charge in [-0.3, -0.25) is 0 Å². The number of aliphatic carboxylic acids is 2. The third-order valence-corrected chi connectivity index (χ3v) is 4.22. The Labute approximate surface area is 146 Å². The summed E-state index contributed by atoms with van der Waals surface area (Å²) in [5.41, 5.74) is 0.320. The first kappa shape index (κ1) is 22.4. The Morgan fingerprint density at radius 3 is 1.67 bits per heavy atom. The third kappa shape index (κ3) is 12.9. The fraction of sp³-hybridized carbons (Fsp3) is 0.700. The van der Waals surface area contributed by atoms with Crippen molar-refractivity contribution in [3.63, 3.8) is 0 Å². The largest absolute Gasteiger partial charge is 0.478 e. The number of carboxylic acids is 2. The van der Waals surface area contributed by atoms with Gasteiger partial charge in [-0.05, 0) is 19.3 Å². The molecule has 4 nitrogen and oxygen atoms in total. The van der Waals surface area contributed by atoms with Crippen LogP contribution in [0.25, 0.3) is 0 Å². The maximum Gasteiger partial charge on any atom is 0.331 e. The van der Waals surface area contributed by atoms with Crippen LogP contribution in [0.4, 0.5) is 0 Å². The van der Waals surface area contributed by atoms with E-state index >= 15 is 0 Å². The molecule has 0 aliphatic heterocycles. The monoisotopic (exact) mass is 338 g/mol. The van der Waals surface area contributed by atoms with Crippen LogP contribution < -0.4 is 0 Å². The lowest BCUT2D eigenvalue weighted by atomic mass is 10.0. The highest BCUT2D eigenvalue weighted by molar-refractivity contribution is 5.88. The van der Waals surface area contributed by atoms with Gasteiger partial charge in [0.25, 0.3) is 0 Å². The van der Waals surface area contributed by atoms with E-state index in [4.69, 9.17) is 10.2 Å². The summed E-state index contributed by atoms with van der Waals surface area (Å²) in [7, 11) is 0. The van der Waals surface area contributed by atoms with Crippen LogP contribution in [-0.4, -0.2) is 22.2 Å². The first-order valence-corrected chi connectivity index (χ1v) is 9.32. The van der Waals surface area contributed by atoms with Crippen LogP contribution in [0, 0.1) is 0 Å². The molecule has 0 aromatic rings. The first-order valence-electron chi connectivity index (χ1n) is 9.32. The molecular weight excluding hydrogens is 304 g/mol. The highest BCUT2D eigenvalue weighted by Gasteiger charge is 2.08. The number of unbranched alkanes of at least 4 members (excludes halogenated alkanes) is 10. The predicted octanol–water partition coefficient (Wildman–Crippen LogP) is 5.73. The molecule has 0 atom stereocenters. The van der Waals surface area contributed by atoms with Crippen molar-refractivity contribution in [3.8, 4) is 0 Å². The summed E-state index contributed by atoms with van der Waals surface area (Å²) in [4.78, 5) is 21.8. The highest BCUT2D eigenvalue weighted by Crippen LogP contribution is 2.15. The molecule has 138 valence electrons. The summed E-state index contributed by atoms with van der Waals surface area (Å²) in [6, 6.07) is 0. The Hall–Kier alpha value is -1.58. The van der Waals surface area contributed by atoms with Gasteiger partial charge >= 0.3 is 11.9 Å². The van der Waals surface area contributed by atoms with Crippen molar-refractivity contribution >= 4 is 11.9 Å². The zero-order chi connectivity index (χ0) is 18.2. The van der Waals surface area contributed by atoms with Gasteiger partial charge in [0.2, 0.25) is 0 Å². The Balaban J connectivity index is 3.71. The van der Waals surface area contributed by atoms with E-state index in [0.29, 0.717) is 12.0 Å². The maximum atomic E-state index is 11.1. The van der Waals surface area contributed by atoms with Gasteiger partial charge in [-0.1, -0.05) is 83.8 Å². The summed E-state index contributed by atoms with van der Waals surface area (Å²) in [5, 5.41) is 17.9. The molecule has 0 fully saturated rings. The Morgan fingerprint density at radius 2 is 1.25 bits per heavy atom. The molecule has 0 amide bonds. The fourth-order valence-corrected chi connectivity index (χ4v) is 2.61. The second-order valence-corrected chi connectivity index (χ2v) is 6.43. The van der Waals surface area contributed by atoms with Gasteiger partial charge in [0.1, 0.15) is 0 Å². The molecule has 0 aliphatic rings. The summed E-state index contributed by atoms with van der Waals surface area (Å²) in [5.74, 6) is -2.04. The van der Waals surface area contributed by atoms with Crippen LogP contribution in [0.3, 0.4) is 0 Å². The number of rotatable bonds is 16. The zero-order valence-corrected chi connectivity index (χ0v) is 15.2. The number of carboxylic acid groups (broad SMARTS) is 2. The summed E-state index contributed by atoms with van der Waals surface area (Å²) in [6.45, 7) is 5.64. The highest BCUT2D eigenvalue weighted by atomic mass is 16.4. The minimum Gasteiger partial charge on any atom is -0.478 e. The van der Waals surface area contributed by atoms with Gasteiger partial charge in [-0.25, -0.2) is 9.59 Å². The number of carbonyl (C=O) groups is 2. The van der Waals surface area contributed by atoms with E-state index in [1.165, 1.54) is 57.4 Å². The molecule has 4 heteroatoms. The van der Waals surface area contributed by atoms with Gasteiger partial charge in [0.05, 0.1) is 0 Å². The molecule has 0 rings (SSSR count). The zero-order valence-electron chi connectivity index (χ0n) is 15.2. The third-order valence-electron chi connectivity index (χ3n) is 4.22. The van der Waals surface area contributed by atoms with Crippen molar-refractivity contribution < 1.29 is 19.8 Å². The van der Waals surface area contributed by atoms with Gasteiger partial charge < -0.3 is 10.2 Å². The van der Waals surface area contributed by atoms with Crippen molar-refractivity contribution in [1.29, 1.82) is 0 Å². The summed E-state index contributed by atoms with van der Waals surface area (Å²) in [6.07, 6.45) is 15.6. The van der Waals surface area contributed by atoms with Crippen LogP contribution in [0.2, 0.25) is 0 Å². The molecule has 0 aromatic carbocycles. The van der Waals surface area contributed by atoms with E-state index in [1.54, 1.807) is 0 Å². The van der Waals surface area contributed by atoms with Gasteiger partial charge in [0, 0.05) is 11.1 Å². The SMILES string of the molecule is C=C(CC=C(CCCCCCCCCCCCC)C(=O)O)C(=O)O. The molecule has 0 bridgehead atoms. The molecular formula is C20H34O4. The number of hydrogen-bond acceptors (Lipinski definition) is 2. The smallest absolute Gasteiger partial charge is 0.331 e. The van der Waals surface area contributed by atoms with Gasteiger partial charge in [-0.2, -0.15) is 0 Å². The van der Waals surface area contributed by atoms with Crippen LogP contribution in [0.1, 0.15) is 90.4 Å². The maximum absolute atomic E-state index is 11.1. The first-order chi connectivity index (χ1) is 11.5. The van der Waals surface area contributed by atoms with E-state index in [0.717, 1.165) is 19.3 Å². The lowest BCUT2D eigenvalue weighted by molar-refractivity contribution is -0.134. The molecule has 0 saturated heterocycles. The van der Waals surface area contributed by atoms with E-state index < -0.39 is 11.9 Å². The predicted molar refractivity (Wildman–Crippen MR) is 98.2 cm³/mol. The van der Waals surface area contributed by atoms with Gasteiger partial charge in [-0.15, -0.1) is 0 Å². The average molecular weight is 338 g/mol. The molecule has 2 N–H and O–H groups in total. The number of hydrogen-bond donors (Lipinski definition) is 2. The molecule has 0 saturated carbocycles. The van der Waals surface area contributed by atoms with Crippen molar-refractivity contribution in [2.24, 2.45) is 0 Å². The van der Waals surface area contributed by atoms with E-state index in [-0.39, 0.29) is 12.0 Å². The molecule has 24 heavy (non-hydrogen) atoms. The van der Waals surface area contributed by atoms with E-state index in [9.17, 15) is 9.59 Å². The topological polar surface area (TPSA) is 74.6 Å². The van der Waals surface area contributed by atoms with Crippen molar-refractivity contribution in [2.75, 3.05) is 0 Å². The van der Waals surface area contributed by atoms with Crippen LogP contribution in [0.15, 0.2) is 23.8 Å². The summed E-state index contributed by atoms with van der Waals surface area (Å²) >= 11 is 0. The Morgan fingerprint density at radius 1 is 0.792 bits per heavy atom. The average Bonchev–Trinajstić information content (AvgIpc) is 2.54. The Kier molecular flexibility index (Phi) is 14.0. The molecule has 0 heterocycles. The van der Waals surface area contributed by atoms with E-state index in [1.807, 2.05) is 0 Å². The normalized spacial score (nSPS) is 11.5. The molecule has 0 unspecified atom stereocenters. The van der Waals surface area contributed by atoms with Crippen LogP contribution >= 0.6 is 0 Å². The summed E-state index contributed by atoms with van der Waals surface area (Å²) < 4.78 is 0. The number of allylic oxidation sites excluding steroid dienone is 1. The lowest BCUT2D eigenvalue weighted by Gasteiger charge is -2.04. The molecule has 0 spiro atoms. The fourth-order valence-electron chi connectivity index (χ4n) is 2.61. The van der Waals surface area contributed by atoms with E-state index in [2.05, 4.69) is 13.5 Å². The molecule has 0 radical (unpaired) electrons. The minimum absolute atomic E-state index is 0.0210. The standard InChI is InChI=1S/C20H34O4/c1-3-4-5-6-7-8-9-10-11-12-13-14-18(20(23)24)16-15-17(2)19(21)22/h16H,2-15H2,1H3,(H,21,22)(H,23,24). The lowest BCUT2D eigenvalue weighted by Crippen LogP contribution is -2.03. The minimum atomic E-state index is -1.08. The van der Waals surface area contributed by atoms with Crippen LogP contribution in [-0.2, 0) is 9.59 Å². The van der Waals surface area contributed by atoms with Gasteiger partial charge in [0.15, 0.2) is 0 Å². The van der Waals surface area contributed by atoms with Crippen molar-refractivity contribution in [1.82, 2.24) is 0 Å². The van der Waals surface area contributed by atoms with Crippen LogP contribution in [0.5, 0.6) is 0 Å². The molecule has 0 aliphatic carbocycles. The Bertz CT molecular complexity index is 410.